The molecule has 22 heavy (non-hydrogen) atoms. The van der Waals surface area contributed by atoms with Crippen molar-refractivity contribution in [3.8, 4) is 0 Å². The molecule has 1 nitrogen and oxygen atoms in total. The van der Waals surface area contributed by atoms with Crippen molar-refractivity contribution in [1.29, 1.82) is 0 Å². The van der Waals surface area contributed by atoms with Gasteiger partial charge in [-0.15, -0.1) is 0 Å². The molecule has 0 fully saturated rings. The highest BCUT2D eigenvalue weighted by atomic mass is 28.3. The third kappa shape index (κ3) is 3.53. The first-order chi connectivity index (χ1) is 10.8. The zero-order valence-corrected chi connectivity index (χ0v) is 13.9. The van der Waals surface area contributed by atoms with Gasteiger partial charge >= 0.3 is 0 Å². The van der Waals surface area contributed by atoms with Crippen molar-refractivity contribution in [3.05, 3.63) is 96.1 Å². The summed E-state index contributed by atoms with van der Waals surface area (Å²) in [7, 11) is -1.64. The first-order valence-corrected chi connectivity index (χ1v) is 9.23. The summed E-state index contributed by atoms with van der Waals surface area (Å²) in [6.45, 7) is 2.81. The van der Waals surface area contributed by atoms with Crippen molar-refractivity contribution in [2.24, 2.45) is 0 Å². The maximum absolute atomic E-state index is 6.42. The summed E-state index contributed by atoms with van der Waals surface area (Å²) in [5.74, 6) is 0. The van der Waals surface area contributed by atoms with E-state index in [9.17, 15) is 0 Å². The molecule has 0 N–H and O–H groups in total. The fraction of sp³-hybridized carbons (Fsp3) is 0.100. The van der Waals surface area contributed by atoms with E-state index < -0.39 is 9.04 Å². The molecule has 110 valence electrons. The molecule has 0 radical (unpaired) electrons. The Balaban J connectivity index is 1.85. The molecular weight excluding hydrogens is 284 g/mol. The second-order valence-electron chi connectivity index (χ2n) is 5.44. The van der Waals surface area contributed by atoms with Crippen molar-refractivity contribution < 1.29 is 4.43 Å². The van der Waals surface area contributed by atoms with E-state index in [1.165, 1.54) is 21.5 Å². The Bertz CT molecular complexity index is 671. The highest BCUT2D eigenvalue weighted by Crippen LogP contribution is 2.09. The second-order valence-corrected chi connectivity index (χ2v) is 7.87. The molecule has 0 amide bonds. The Morgan fingerprint density at radius 3 is 1.73 bits per heavy atom. The van der Waals surface area contributed by atoms with Crippen molar-refractivity contribution in [1.82, 2.24) is 0 Å². The maximum atomic E-state index is 6.42. The van der Waals surface area contributed by atoms with E-state index >= 15 is 0 Å². The summed E-state index contributed by atoms with van der Waals surface area (Å²) in [6.07, 6.45) is 0. The molecule has 0 aromatic heterocycles. The van der Waals surface area contributed by atoms with Crippen molar-refractivity contribution in [3.63, 3.8) is 0 Å². The normalized spacial score (nSPS) is 10.8. The molecule has 0 bridgehead atoms. The summed E-state index contributed by atoms with van der Waals surface area (Å²) in [6, 6.07) is 29.7. The summed E-state index contributed by atoms with van der Waals surface area (Å²) in [5, 5.41) is 2.64. The molecule has 0 atom stereocenters. The average molecular weight is 304 g/mol. The summed E-state index contributed by atoms with van der Waals surface area (Å²) >= 11 is 0. The van der Waals surface area contributed by atoms with Gasteiger partial charge in [0.1, 0.15) is 0 Å². The van der Waals surface area contributed by atoms with Crippen LogP contribution in [-0.2, 0) is 11.0 Å². The van der Waals surface area contributed by atoms with Crippen molar-refractivity contribution >= 4 is 19.4 Å². The molecule has 3 aromatic rings. The Kier molecular flexibility index (Phi) is 4.84. The van der Waals surface area contributed by atoms with Crippen LogP contribution in [0.25, 0.3) is 0 Å². The van der Waals surface area contributed by atoms with Crippen LogP contribution in [0.5, 0.6) is 0 Å². The van der Waals surface area contributed by atoms with Crippen LogP contribution in [0.3, 0.4) is 0 Å². The fourth-order valence-corrected chi connectivity index (χ4v) is 4.85. The Morgan fingerprint density at radius 1 is 0.682 bits per heavy atom. The molecule has 0 aliphatic carbocycles. The van der Waals surface area contributed by atoms with Gasteiger partial charge in [-0.3, -0.25) is 0 Å². The topological polar surface area (TPSA) is 9.23 Å². The highest BCUT2D eigenvalue weighted by Gasteiger charge is 2.17. The van der Waals surface area contributed by atoms with Crippen molar-refractivity contribution in [2.75, 3.05) is 0 Å². The monoisotopic (exact) mass is 304 g/mol. The van der Waals surface area contributed by atoms with E-state index in [-0.39, 0.29) is 0 Å². The zero-order valence-electron chi connectivity index (χ0n) is 12.8. The Hall–Kier alpha value is -2.16. The molecule has 0 heterocycles. The van der Waals surface area contributed by atoms with E-state index in [4.69, 9.17) is 4.43 Å². The lowest BCUT2D eigenvalue weighted by atomic mass is 10.1. The lowest BCUT2D eigenvalue weighted by Crippen LogP contribution is -2.44. The predicted molar refractivity (Wildman–Crippen MR) is 95.3 cm³/mol. The van der Waals surface area contributed by atoms with Gasteiger partial charge in [-0.25, -0.2) is 0 Å². The van der Waals surface area contributed by atoms with Crippen LogP contribution in [0.2, 0.25) is 0 Å². The molecule has 0 saturated carbocycles. The number of hydrogen-bond donors (Lipinski definition) is 0. The van der Waals surface area contributed by atoms with E-state index in [0.717, 1.165) is 0 Å². The van der Waals surface area contributed by atoms with Gasteiger partial charge in [0, 0.05) is 0 Å². The summed E-state index contributed by atoms with van der Waals surface area (Å²) < 4.78 is 6.42. The highest BCUT2D eigenvalue weighted by molar-refractivity contribution is 6.79. The minimum absolute atomic E-state index is 0.674. The maximum Gasteiger partial charge on any atom is 0.240 e. The van der Waals surface area contributed by atoms with Crippen LogP contribution in [0, 0.1) is 6.92 Å². The lowest BCUT2D eigenvalue weighted by Gasteiger charge is -2.18. The molecule has 0 unspecified atom stereocenters. The minimum atomic E-state index is -1.64. The zero-order chi connectivity index (χ0) is 15.2. The van der Waals surface area contributed by atoms with Crippen LogP contribution >= 0.6 is 0 Å². The van der Waals surface area contributed by atoms with Gasteiger partial charge in [0.2, 0.25) is 9.04 Å². The quantitative estimate of drug-likeness (QED) is 0.658. The number of hydrogen-bond acceptors (Lipinski definition) is 1. The second kappa shape index (κ2) is 7.21. The molecule has 2 heteroatoms. The first kappa shape index (κ1) is 14.8. The number of rotatable bonds is 5. The average Bonchev–Trinajstić information content (AvgIpc) is 2.59. The molecule has 0 aliphatic heterocycles. The van der Waals surface area contributed by atoms with Gasteiger partial charge in [-0.1, -0.05) is 84.9 Å². The van der Waals surface area contributed by atoms with Crippen molar-refractivity contribution in [2.45, 2.75) is 13.5 Å². The molecule has 0 spiro atoms. The van der Waals surface area contributed by atoms with E-state index in [1.54, 1.807) is 0 Å². The van der Waals surface area contributed by atoms with Gasteiger partial charge in [0.05, 0.1) is 6.61 Å². The van der Waals surface area contributed by atoms with Gasteiger partial charge in [0.25, 0.3) is 0 Å². The van der Waals surface area contributed by atoms with Gasteiger partial charge < -0.3 is 4.43 Å². The molecule has 3 rings (SSSR count). The van der Waals surface area contributed by atoms with Crippen LogP contribution in [0.15, 0.2) is 84.9 Å². The SMILES string of the molecule is Cc1ccccc1CO[SiH](c1ccccc1)c1ccccc1. The predicted octanol–water partition coefficient (Wildman–Crippen LogP) is 3.05. The lowest BCUT2D eigenvalue weighted by molar-refractivity contribution is 0.321. The Morgan fingerprint density at radius 2 is 1.18 bits per heavy atom. The van der Waals surface area contributed by atoms with E-state index in [1.807, 2.05) is 0 Å². The number of benzene rings is 3. The summed E-state index contributed by atoms with van der Waals surface area (Å²) in [5.41, 5.74) is 2.56. The third-order valence-corrected chi connectivity index (χ3v) is 6.35. The standard InChI is InChI=1S/C20H20OSi/c1-17-10-8-9-11-18(17)16-21-22(19-12-4-2-5-13-19)20-14-6-3-7-15-20/h2-15,22H,16H2,1H3. The third-order valence-electron chi connectivity index (χ3n) is 3.87. The van der Waals surface area contributed by atoms with Gasteiger partial charge in [-0.2, -0.15) is 0 Å². The molecular formula is C20H20OSi. The summed E-state index contributed by atoms with van der Waals surface area (Å²) in [4.78, 5) is 0. The number of aryl methyl sites for hydroxylation is 1. The van der Waals surface area contributed by atoms with Gasteiger partial charge in [0.15, 0.2) is 0 Å². The van der Waals surface area contributed by atoms with E-state index in [2.05, 4.69) is 91.9 Å². The smallest absolute Gasteiger partial charge is 0.240 e. The molecule has 0 aliphatic rings. The van der Waals surface area contributed by atoms with Crippen LogP contribution in [-0.4, -0.2) is 9.04 Å². The molecule has 3 aromatic carbocycles. The van der Waals surface area contributed by atoms with E-state index in [0.29, 0.717) is 6.61 Å². The largest absolute Gasteiger partial charge is 0.407 e. The Labute approximate surface area is 133 Å². The first-order valence-electron chi connectivity index (χ1n) is 7.60. The fourth-order valence-electron chi connectivity index (χ4n) is 2.59. The molecule has 0 saturated heterocycles. The van der Waals surface area contributed by atoms with Crippen LogP contribution in [0.1, 0.15) is 11.1 Å². The van der Waals surface area contributed by atoms with Gasteiger partial charge in [-0.05, 0) is 28.4 Å². The minimum Gasteiger partial charge on any atom is -0.407 e. The van der Waals surface area contributed by atoms with Crippen LogP contribution < -0.4 is 10.4 Å². The van der Waals surface area contributed by atoms with Crippen LogP contribution in [0.4, 0.5) is 0 Å².